The predicted octanol–water partition coefficient (Wildman–Crippen LogP) is 4.20. The second-order valence-electron chi connectivity index (χ2n) is 4.34. The molecule has 0 atom stereocenters. The van der Waals surface area contributed by atoms with Gasteiger partial charge < -0.3 is 14.8 Å². The van der Waals surface area contributed by atoms with Crippen molar-refractivity contribution in [1.29, 1.82) is 0 Å². The van der Waals surface area contributed by atoms with E-state index in [1.807, 2.05) is 24.3 Å². The smallest absolute Gasteiger partial charge is 0.234 e. The number of ether oxygens (including phenoxy) is 2. The Hall–Kier alpha value is -1.66. The summed E-state index contributed by atoms with van der Waals surface area (Å²) in [4.78, 5) is 13.1. The Morgan fingerprint density at radius 2 is 1.86 bits per heavy atom. The third kappa shape index (κ3) is 4.42. The zero-order valence-electron chi connectivity index (χ0n) is 12.3. The van der Waals surface area contributed by atoms with Gasteiger partial charge in [0.25, 0.3) is 0 Å². The van der Waals surface area contributed by atoms with Gasteiger partial charge in [0.05, 0.1) is 20.0 Å². The van der Waals surface area contributed by atoms with Gasteiger partial charge in [0.2, 0.25) is 5.91 Å². The minimum absolute atomic E-state index is 0.0760. The molecule has 0 unspecified atom stereocenters. The number of benzene rings is 2. The van der Waals surface area contributed by atoms with Crippen LogP contribution in [0, 0.1) is 0 Å². The molecule has 0 radical (unpaired) electrons. The van der Waals surface area contributed by atoms with Crippen molar-refractivity contribution in [2.75, 3.05) is 25.3 Å². The van der Waals surface area contributed by atoms with Crippen molar-refractivity contribution >= 4 is 39.3 Å². The number of amides is 1. The van der Waals surface area contributed by atoms with Crippen LogP contribution in [0.5, 0.6) is 11.5 Å². The molecule has 0 saturated carbocycles. The van der Waals surface area contributed by atoms with E-state index in [9.17, 15) is 4.79 Å². The van der Waals surface area contributed by atoms with E-state index in [-0.39, 0.29) is 5.91 Å². The van der Waals surface area contributed by atoms with E-state index in [1.165, 1.54) is 11.8 Å². The molecule has 2 aromatic rings. The highest BCUT2D eigenvalue weighted by Gasteiger charge is 2.08. The van der Waals surface area contributed by atoms with Crippen LogP contribution < -0.4 is 14.8 Å². The first-order valence-corrected chi connectivity index (χ1v) is 8.31. The minimum Gasteiger partial charge on any atom is -0.493 e. The van der Waals surface area contributed by atoms with Crippen LogP contribution in [0.3, 0.4) is 0 Å². The molecule has 0 bridgehead atoms. The van der Waals surface area contributed by atoms with Crippen LogP contribution in [0.4, 0.5) is 5.69 Å². The lowest BCUT2D eigenvalue weighted by Gasteiger charge is -2.10. The van der Waals surface area contributed by atoms with Gasteiger partial charge in [0.1, 0.15) is 0 Å². The predicted molar refractivity (Wildman–Crippen MR) is 93.0 cm³/mol. The van der Waals surface area contributed by atoms with Crippen LogP contribution in [-0.2, 0) is 4.79 Å². The summed E-state index contributed by atoms with van der Waals surface area (Å²) in [5.74, 6) is 1.46. The van der Waals surface area contributed by atoms with Gasteiger partial charge >= 0.3 is 0 Å². The Kier molecular flexibility index (Phi) is 6.15. The fraction of sp³-hybridized carbons (Fsp3) is 0.188. The van der Waals surface area contributed by atoms with Crippen molar-refractivity contribution in [2.24, 2.45) is 0 Å². The Balaban J connectivity index is 1.96. The number of thioether (sulfide) groups is 1. The molecule has 0 saturated heterocycles. The van der Waals surface area contributed by atoms with Gasteiger partial charge in [-0.25, -0.2) is 0 Å². The number of carbonyl (C=O) groups excluding carboxylic acids is 1. The normalized spacial score (nSPS) is 10.1. The Labute approximate surface area is 142 Å². The summed E-state index contributed by atoms with van der Waals surface area (Å²) < 4.78 is 11.4. The highest BCUT2D eigenvalue weighted by molar-refractivity contribution is 9.10. The summed E-state index contributed by atoms with van der Waals surface area (Å²) in [7, 11) is 3.14. The van der Waals surface area contributed by atoms with Gasteiger partial charge in [0.15, 0.2) is 11.5 Å². The maximum Gasteiger partial charge on any atom is 0.234 e. The molecule has 22 heavy (non-hydrogen) atoms. The molecule has 0 aliphatic heterocycles. The quantitative estimate of drug-likeness (QED) is 0.761. The molecule has 1 N–H and O–H groups in total. The highest BCUT2D eigenvalue weighted by atomic mass is 79.9. The fourth-order valence-corrected chi connectivity index (χ4v) is 3.18. The van der Waals surface area contributed by atoms with Gasteiger partial charge in [-0.15, -0.1) is 11.8 Å². The summed E-state index contributed by atoms with van der Waals surface area (Å²) >= 11 is 4.94. The lowest BCUT2D eigenvalue weighted by atomic mass is 10.2. The van der Waals surface area contributed by atoms with Crippen LogP contribution in [0.1, 0.15) is 0 Å². The number of nitrogens with one attached hydrogen (secondary N) is 1. The first-order valence-electron chi connectivity index (χ1n) is 6.53. The first kappa shape index (κ1) is 16.7. The van der Waals surface area contributed by atoms with Crippen molar-refractivity contribution in [2.45, 2.75) is 4.90 Å². The number of carbonyl (C=O) groups is 1. The van der Waals surface area contributed by atoms with Crippen LogP contribution >= 0.6 is 27.7 Å². The number of hydrogen-bond donors (Lipinski definition) is 1. The first-order chi connectivity index (χ1) is 10.6. The third-order valence-electron chi connectivity index (χ3n) is 2.86. The molecule has 0 aliphatic rings. The van der Waals surface area contributed by atoms with Gasteiger partial charge in [-0.2, -0.15) is 0 Å². The number of anilines is 1. The Morgan fingerprint density at radius 3 is 2.55 bits per heavy atom. The monoisotopic (exact) mass is 381 g/mol. The second-order valence-corrected chi connectivity index (χ2v) is 6.21. The summed E-state index contributed by atoms with van der Waals surface area (Å²) in [6.07, 6.45) is 0. The maximum absolute atomic E-state index is 12.0. The highest BCUT2D eigenvalue weighted by Crippen LogP contribution is 2.30. The van der Waals surface area contributed by atoms with E-state index < -0.39 is 0 Å². The molecule has 1 amide bonds. The third-order valence-corrected chi connectivity index (χ3v) is 4.89. The number of rotatable bonds is 6. The van der Waals surface area contributed by atoms with Crippen LogP contribution in [0.2, 0.25) is 0 Å². The molecule has 116 valence electrons. The summed E-state index contributed by atoms with van der Waals surface area (Å²) in [5, 5.41) is 2.85. The summed E-state index contributed by atoms with van der Waals surface area (Å²) in [6, 6.07) is 13.1. The van der Waals surface area contributed by atoms with Crippen molar-refractivity contribution in [1.82, 2.24) is 0 Å². The molecule has 0 aromatic heterocycles. The van der Waals surface area contributed by atoms with E-state index >= 15 is 0 Å². The molecule has 4 nitrogen and oxygen atoms in total. The van der Waals surface area contributed by atoms with Crippen LogP contribution in [0.15, 0.2) is 51.8 Å². The molecule has 6 heteroatoms. The van der Waals surface area contributed by atoms with Crippen LogP contribution in [-0.4, -0.2) is 25.9 Å². The van der Waals surface area contributed by atoms with E-state index in [0.29, 0.717) is 22.9 Å². The van der Waals surface area contributed by atoms with Crippen molar-refractivity contribution in [3.05, 3.63) is 46.9 Å². The topological polar surface area (TPSA) is 47.6 Å². The van der Waals surface area contributed by atoms with Crippen molar-refractivity contribution in [3.8, 4) is 11.5 Å². The van der Waals surface area contributed by atoms with Crippen molar-refractivity contribution < 1.29 is 14.3 Å². The zero-order valence-corrected chi connectivity index (χ0v) is 14.7. The van der Waals surface area contributed by atoms with E-state index in [2.05, 4.69) is 21.2 Å². The largest absolute Gasteiger partial charge is 0.493 e. The Morgan fingerprint density at radius 1 is 1.14 bits per heavy atom. The van der Waals surface area contributed by atoms with Gasteiger partial charge in [-0.1, -0.05) is 12.1 Å². The Bertz CT molecular complexity index is 664. The average molecular weight is 382 g/mol. The van der Waals surface area contributed by atoms with E-state index in [0.717, 1.165) is 9.37 Å². The summed E-state index contributed by atoms with van der Waals surface area (Å²) in [6.45, 7) is 0. The second kappa shape index (κ2) is 8.10. The number of halogens is 1. The SMILES string of the molecule is COc1ccc(NC(=O)CSc2ccccc2Br)cc1OC. The van der Waals surface area contributed by atoms with Gasteiger partial charge in [0, 0.05) is 21.1 Å². The maximum atomic E-state index is 12.0. The standard InChI is InChI=1S/C16H16BrNO3S/c1-20-13-8-7-11(9-14(13)21-2)18-16(19)10-22-15-6-4-3-5-12(15)17/h3-9H,10H2,1-2H3,(H,18,19). The van der Waals surface area contributed by atoms with E-state index in [1.54, 1.807) is 32.4 Å². The summed E-state index contributed by atoms with van der Waals surface area (Å²) in [5.41, 5.74) is 0.676. The van der Waals surface area contributed by atoms with Gasteiger partial charge in [-0.05, 0) is 40.2 Å². The average Bonchev–Trinajstić information content (AvgIpc) is 2.54. The minimum atomic E-state index is -0.0760. The molecular weight excluding hydrogens is 366 g/mol. The molecule has 0 aliphatic carbocycles. The van der Waals surface area contributed by atoms with Crippen LogP contribution in [0.25, 0.3) is 0 Å². The number of methoxy groups -OCH3 is 2. The fourth-order valence-electron chi connectivity index (χ4n) is 1.82. The van der Waals surface area contributed by atoms with Crippen molar-refractivity contribution in [3.63, 3.8) is 0 Å². The molecule has 2 rings (SSSR count). The van der Waals surface area contributed by atoms with E-state index in [4.69, 9.17) is 9.47 Å². The zero-order chi connectivity index (χ0) is 15.9. The molecule has 0 fully saturated rings. The molecule has 2 aromatic carbocycles. The lowest BCUT2D eigenvalue weighted by Crippen LogP contribution is -2.14. The lowest BCUT2D eigenvalue weighted by molar-refractivity contribution is -0.113. The molecule has 0 heterocycles. The molecular formula is C16H16BrNO3S. The molecule has 0 spiro atoms. The van der Waals surface area contributed by atoms with Gasteiger partial charge in [-0.3, -0.25) is 4.79 Å². The number of hydrogen-bond acceptors (Lipinski definition) is 4.